The van der Waals surface area contributed by atoms with E-state index in [4.69, 9.17) is 4.74 Å². The van der Waals surface area contributed by atoms with Crippen molar-refractivity contribution < 1.29 is 9.84 Å². The Labute approximate surface area is 142 Å². The van der Waals surface area contributed by atoms with Crippen molar-refractivity contribution in [1.29, 1.82) is 0 Å². The largest absolute Gasteiger partial charge is 0.390 e. The van der Waals surface area contributed by atoms with Crippen molar-refractivity contribution in [2.45, 2.75) is 64.1 Å². The molecular weight excluding hydrogens is 340 g/mol. The molecule has 0 aromatic heterocycles. The molecule has 122 valence electrons. The van der Waals surface area contributed by atoms with E-state index in [0.717, 1.165) is 30.2 Å². The minimum Gasteiger partial charge on any atom is -0.390 e. The Morgan fingerprint density at radius 3 is 2.64 bits per heavy atom. The second-order valence-electron chi connectivity index (χ2n) is 7.18. The van der Waals surface area contributed by atoms with Crippen molar-refractivity contribution in [2.75, 3.05) is 6.61 Å². The molecule has 1 aromatic carbocycles. The summed E-state index contributed by atoms with van der Waals surface area (Å²) in [7, 11) is 0. The topological polar surface area (TPSA) is 29.5 Å². The summed E-state index contributed by atoms with van der Waals surface area (Å²) in [5.41, 5.74) is 0.744. The Hall–Kier alpha value is -0.380. The van der Waals surface area contributed by atoms with Gasteiger partial charge in [0.15, 0.2) is 0 Å². The summed E-state index contributed by atoms with van der Waals surface area (Å²) in [6, 6.07) is 8.39. The average molecular weight is 367 g/mol. The van der Waals surface area contributed by atoms with E-state index in [-0.39, 0.29) is 11.5 Å². The zero-order valence-electron chi connectivity index (χ0n) is 13.6. The van der Waals surface area contributed by atoms with E-state index in [1.54, 1.807) is 0 Å². The molecule has 2 aliphatic rings. The smallest absolute Gasteiger partial charge is 0.0870 e. The van der Waals surface area contributed by atoms with E-state index < -0.39 is 5.60 Å². The third-order valence-electron chi connectivity index (χ3n) is 6.15. The van der Waals surface area contributed by atoms with Crippen LogP contribution in [-0.2, 0) is 4.74 Å². The summed E-state index contributed by atoms with van der Waals surface area (Å²) < 4.78 is 7.35. The van der Waals surface area contributed by atoms with E-state index in [2.05, 4.69) is 41.1 Å². The number of ether oxygens (including phenoxy) is 1. The second kappa shape index (κ2) is 6.26. The molecule has 0 bridgehead atoms. The van der Waals surface area contributed by atoms with E-state index in [1.807, 2.05) is 13.0 Å². The minimum absolute atomic E-state index is 0.0420. The maximum absolute atomic E-state index is 10.9. The number of benzene rings is 1. The van der Waals surface area contributed by atoms with Gasteiger partial charge in [-0.3, -0.25) is 0 Å². The summed E-state index contributed by atoms with van der Waals surface area (Å²) in [5.74, 6) is 0.406. The molecule has 2 saturated carbocycles. The lowest BCUT2D eigenvalue weighted by Gasteiger charge is -2.62. The first kappa shape index (κ1) is 16.5. The molecule has 0 radical (unpaired) electrons. The molecule has 0 saturated heterocycles. The van der Waals surface area contributed by atoms with Gasteiger partial charge in [-0.25, -0.2) is 0 Å². The third kappa shape index (κ3) is 2.55. The molecule has 2 aliphatic carbocycles. The molecule has 0 amide bonds. The van der Waals surface area contributed by atoms with Gasteiger partial charge in [0.05, 0.1) is 11.7 Å². The molecule has 22 heavy (non-hydrogen) atoms. The third-order valence-corrected chi connectivity index (χ3v) is 6.87. The maximum Gasteiger partial charge on any atom is 0.0870 e. The fourth-order valence-electron chi connectivity index (χ4n) is 4.80. The Bertz CT molecular complexity index is 528. The van der Waals surface area contributed by atoms with Crippen LogP contribution < -0.4 is 0 Å². The Morgan fingerprint density at radius 2 is 2.05 bits per heavy atom. The lowest BCUT2D eigenvalue weighted by atomic mass is 9.46. The molecule has 2 nitrogen and oxygen atoms in total. The Balaban J connectivity index is 1.98. The van der Waals surface area contributed by atoms with Crippen LogP contribution in [0.4, 0.5) is 0 Å². The molecule has 3 rings (SSSR count). The van der Waals surface area contributed by atoms with Crippen LogP contribution in [0.2, 0.25) is 0 Å². The van der Waals surface area contributed by atoms with Crippen molar-refractivity contribution in [3.05, 3.63) is 34.3 Å². The fourth-order valence-corrected chi connectivity index (χ4v) is 5.31. The first-order chi connectivity index (χ1) is 10.5. The molecule has 3 heteroatoms. The van der Waals surface area contributed by atoms with Gasteiger partial charge in [0, 0.05) is 16.5 Å². The predicted octanol–water partition coefficient (Wildman–Crippen LogP) is 5.25. The van der Waals surface area contributed by atoms with Gasteiger partial charge >= 0.3 is 0 Å². The van der Waals surface area contributed by atoms with Gasteiger partial charge in [0.25, 0.3) is 0 Å². The summed E-state index contributed by atoms with van der Waals surface area (Å²) >= 11 is 3.70. The predicted molar refractivity (Wildman–Crippen MR) is 92.8 cm³/mol. The number of rotatable bonds is 4. The van der Waals surface area contributed by atoms with Crippen molar-refractivity contribution >= 4 is 15.9 Å². The Morgan fingerprint density at radius 1 is 1.27 bits per heavy atom. The highest BCUT2D eigenvalue weighted by atomic mass is 79.9. The lowest BCUT2D eigenvalue weighted by molar-refractivity contribution is -0.223. The van der Waals surface area contributed by atoms with Crippen LogP contribution in [0.1, 0.15) is 64.0 Å². The van der Waals surface area contributed by atoms with E-state index in [9.17, 15) is 5.11 Å². The maximum atomic E-state index is 10.9. The van der Waals surface area contributed by atoms with Gasteiger partial charge in [-0.1, -0.05) is 47.0 Å². The van der Waals surface area contributed by atoms with E-state index >= 15 is 0 Å². The van der Waals surface area contributed by atoms with Gasteiger partial charge in [0.1, 0.15) is 0 Å². The first-order valence-electron chi connectivity index (χ1n) is 8.60. The fraction of sp³-hybridized carbons (Fsp3) is 0.684. The number of aliphatic hydroxyl groups is 1. The van der Waals surface area contributed by atoms with Crippen LogP contribution in [0.5, 0.6) is 0 Å². The zero-order valence-corrected chi connectivity index (χ0v) is 15.2. The number of halogens is 1. The normalized spacial score (nSPS) is 36.1. The van der Waals surface area contributed by atoms with Crippen molar-refractivity contribution in [2.24, 2.45) is 11.3 Å². The standard InChI is InChI=1S/C19H27BrO2/c1-3-22-17(14-8-4-5-10-16(14)20)15-9-6-7-11-19(15)13-12-18(19,2)21/h4-5,8,10,15,17,21H,3,6-7,9,11-13H2,1-2H3/t15-,17-,18-,19+/m1/s1. The molecule has 1 aromatic rings. The number of hydrogen-bond acceptors (Lipinski definition) is 2. The van der Waals surface area contributed by atoms with Crippen LogP contribution in [0.15, 0.2) is 28.7 Å². The zero-order chi connectivity index (χ0) is 15.8. The minimum atomic E-state index is -0.533. The summed E-state index contributed by atoms with van der Waals surface area (Å²) in [4.78, 5) is 0. The summed E-state index contributed by atoms with van der Waals surface area (Å²) in [6.07, 6.45) is 6.92. The van der Waals surface area contributed by atoms with Gasteiger partial charge in [-0.15, -0.1) is 0 Å². The van der Waals surface area contributed by atoms with Crippen molar-refractivity contribution in [1.82, 2.24) is 0 Å². The molecule has 1 spiro atoms. The molecular formula is C19H27BrO2. The van der Waals surface area contributed by atoms with E-state index in [0.29, 0.717) is 12.5 Å². The SMILES string of the molecule is CCO[C@H](c1ccccc1Br)[C@H]1CCCC[C@]12CC[C@@]2(C)O. The van der Waals surface area contributed by atoms with Gasteiger partial charge in [-0.2, -0.15) is 0 Å². The van der Waals surface area contributed by atoms with E-state index in [1.165, 1.54) is 18.4 Å². The first-order valence-corrected chi connectivity index (χ1v) is 9.39. The number of hydrogen-bond donors (Lipinski definition) is 1. The molecule has 2 fully saturated rings. The van der Waals surface area contributed by atoms with Crippen molar-refractivity contribution in [3.8, 4) is 0 Å². The van der Waals surface area contributed by atoms with Gasteiger partial charge in [0.2, 0.25) is 0 Å². The molecule has 0 heterocycles. The molecule has 4 atom stereocenters. The summed E-state index contributed by atoms with van der Waals surface area (Å²) in [6.45, 7) is 4.82. The lowest BCUT2D eigenvalue weighted by Crippen LogP contribution is -2.61. The molecule has 0 aliphatic heterocycles. The average Bonchev–Trinajstić information content (AvgIpc) is 2.52. The highest BCUT2D eigenvalue weighted by Gasteiger charge is 2.61. The highest BCUT2D eigenvalue weighted by Crippen LogP contribution is 2.64. The van der Waals surface area contributed by atoms with Gasteiger partial charge in [-0.05, 0) is 57.1 Å². The van der Waals surface area contributed by atoms with Crippen LogP contribution in [0.25, 0.3) is 0 Å². The molecule has 0 unspecified atom stereocenters. The quantitative estimate of drug-likeness (QED) is 0.788. The van der Waals surface area contributed by atoms with Crippen LogP contribution in [0, 0.1) is 11.3 Å². The monoisotopic (exact) mass is 366 g/mol. The molecule has 1 N–H and O–H groups in total. The second-order valence-corrected chi connectivity index (χ2v) is 8.03. The van der Waals surface area contributed by atoms with Crippen LogP contribution >= 0.6 is 15.9 Å². The summed E-state index contributed by atoms with van der Waals surface area (Å²) in [5, 5.41) is 10.9. The van der Waals surface area contributed by atoms with Crippen molar-refractivity contribution in [3.63, 3.8) is 0 Å². The van der Waals surface area contributed by atoms with Gasteiger partial charge < -0.3 is 9.84 Å². The highest BCUT2D eigenvalue weighted by molar-refractivity contribution is 9.10. The Kier molecular flexibility index (Phi) is 4.69. The van der Waals surface area contributed by atoms with Crippen LogP contribution in [0.3, 0.4) is 0 Å². The van der Waals surface area contributed by atoms with Crippen LogP contribution in [-0.4, -0.2) is 17.3 Å².